The molecule has 1 N–H and O–H groups in total. The van der Waals surface area contributed by atoms with Crippen LogP contribution in [0.4, 0.5) is 5.69 Å². The van der Waals surface area contributed by atoms with Crippen molar-refractivity contribution >= 4 is 33.6 Å². The average Bonchev–Trinajstić information content (AvgIpc) is 1.98. The summed E-state index contributed by atoms with van der Waals surface area (Å²) in [7, 11) is 14.9. The Hall–Kier alpha value is 0.604. The maximum absolute atomic E-state index is 7.54. The van der Waals surface area contributed by atoms with Gasteiger partial charge in [0.1, 0.15) is 0 Å². The molecule has 0 saturated heterocycles. The van der Waals surface area contributed by atoms with Gasteiger partial charge in [0.15, 0.2) is 0 Å². The van der Waals surface area contributed by atoms with Crippen LogP contribution in [-0.4, -0.2) is 0 Å². The Balaban J connectivity index is 0.000000364. The Labute approximate surface area is 103 Å². The van der Waals surface area contributed by atoms with E-state index in [2.05, 4.69) is 6.92 Å². The molecule has 0 aliphatic rings. The summed E-state index contributed by atoms with van der Waals surface area (Å²) in [5.41, 5.74) is 11.6. The van der Waals surface area contributed by atoms with Crippen LogP contribution in [0.2, 0.25) is 0 Å². The van der Waals surface area contributed by atoms with Gasteiger partial charge in [-0.25, -0.2) is 0 Å². The van der Waals surface area contributed by atoms with Gasteiger partial charge in [-0.3, -0.25) is 0 Å². The number of hydrogen-bond acceptors (Lipinski definition) is 0. The van der Waals surface area contributed by atoms with Gasteiger partial charge in [0.05, 0.1) is 0 Å². The number of hydrogen-bond donors (Lipinski definition) is 0. The minimum atomic E-state index is -1.92. The standard InChI is InChI=1S/C9H12N.3ClH.Ti/c1-6-4-7(2)9(10)8(3)5-6;;;;/h4-5,10H,1-3H3;3*1H;/q-1;;;;+4/p-3. The SMILES string of the molecule is Cc1cc(C)c([NH-])c(C)c1.[Cl][Ti+]([Cl])[Cl]. The van der Waals surface area contributed by atoms with Crippen LogP contribution >= 0.6 is 27.9 Å². The first kappa shape index (κ1) is 14.6. The fourth-order valence-corrected chi connectivity index (χ4v) is 1.18. The van der Waals surface area contributed by atoms with E-state index in [1.165, 1.54) is 5.56 Å². The van der Waals surface area contributed by atoms with Crippen LogP contribution in [0.25, 0.3) is 5.73 Å². The molecule has 0 unspecified atom stereocenters. The van der Waals surface area contributed by atoms with Gasteiger partial charge in [-0.2, -0.15) is 0 Å². The van der Waals surface area contributed by atoms with E-state index >= 15 is 0 Å². The van der Waals surface area contributed by atoms with Crippen molar-refractivity contribution in [1.82, 2.24) is 0 Å². The second-order valence-corrected chi connectivity index (χ2v) is 10.7. The summed E-state index contributed by atoms with van der Waals surface area (Å²) in [4.78, 5) is 0. The molecular formula is C9H12Cl3NTi. The zero-order valence-electron chi connectivity index (χ0n) is 8.29. The van der Waals surface area contributed by atoms with E-state index in [0.29, 0.717) is 5.69 Å². The predicted molar refractivity (Wildman–Crippen MR) is 62.2 cm³/mol. The molecule has 1 aromatic carbocycles. The molecule has 0 atom stereocenters. The van der Waals surface area contributed by atoms with Crippen molar-refractivity contribution in [2.75, 3.05) is 0 Å². The molecule has 0 spiro atoms. The number of benzene rings is 1. The van der Waals surface area contributed by atoms with Crippen LogP contribution in [-0.2, 0) is 14.7 Å². The van der Waals surface area contributed by atoms with E-state index in [0.717, 1.165) is 11.1 Å². The third-order valence-electron chi connectivity index (χ3n) is 1.68. The van der Waals surface area contributed by atoms with Gasteiger partial charge in [0, 0.05) is 0 Å². The molecule has 0 aromatic heterocycles. The summed E-state index contributed by atoms with van der Waals surface area (Å²) in [6.07, 6.45) is 0. The molecule has 14 heavy (non-hydrogen) atoms. The van der Waals surface area contributed by atoms with Gasteiger partial charge in [0.25, 0.3) is 0 Å². The molecule has 0 heterocycles. The van der Waals surface area contributed by atoms with Crippen molar-refractivity contribution in [3.05, 3.63) is 34.6 Å². The third kappa shape index (κ3) is 6.16. The Morgan fingerprint density at radius 2 is 1.29 bits per heavy atom. The number of nitrogens with one attached hydrogen (secondary N) is 1. The Bertz CT molecular complexity index is 276. The van der Waals surface area contributed by atoms with E-state index in [9.17, 15) is 0 Å². The fourth-order valence-electron chi connectivity index (χ4n) is 1.18. The fraction of sp³-hybridized carbons (Fsp3) is 0.333. The van der Waals surface area contributed by atoms with Crippen LogP contribution < -0.4 is 0 Å². The van der Waals surface area contributed by atoms with Crippen molar-refractivity contribution in [3.63, 3.8) is 0 Å². The number of halogens is 3. The Morgan fingerprint density at radius 1 is 1.00 bits per heavy atom. The number of aryl methyl sites for hydroxylation is 3. The van der Waals surface area contributed by atoms with Gasteiger partial charge in [-0.1, -0.05) is 28.8 Å². The minimum absolute atomic E-state index is 0.672. The van der Waals surface area contributed by atoms with Crippen LogP contribution in [0.5, 0.6) is 0 Å². The van der Waals surface area contributed by atoms with E-state index in [4.69, 9.17) is 33.6 Å². The van der Waals surface area contributed by atoms with Gasteiger partial charge in [-0.05, 0) is 20.8 Å². The molecule has 0 radical (unpaired) electrons. The Morgan fingerprint density at radius 3 is 1.57 bits per heavy atom. The van der Waals surface area contributed by atoms with Gasteiger partial charge < -0.3 is 5.73 Å². The quantitative estimate of drug-likeness (QED) is 0.574. The van der Waals surface area contributed by atoms with E-state index in [1.54, 1.807) is 0 Å². The topological polar surface area (TPSA) is 23.8 Å². The van der Waals surface area contributed by atoms with E-state index in [1.807, 2.05) is 26.0 Å². The first-order chi connectivity index (χ1) is 6.34. The summed E-state index contributed by atoms with van der Waals surface area (Å²) in [6, 6.07) is 4.07. The normalized spacial score (nSPS) is 9.00. The van der Waals surface area contributed by atoms with Gasteiger partial charge in [0.2, 0.25) is 0 Å². The Kier molecular flexibility index (Phi) is 7.27. The molecule has 1 aromatic rings. The van der Waals surface area contributed by atoms with Crippen LogP contribution in [0.15, 0.2) is 12.1 Å². The van der Waals surface area contributed by atoms with Crippen molar-refractivity contribution < 1.29 is 14.7 Å². The van der Waals surface area contributed by atoms with Crippen molar-refractivity contribution in [2.45, 2.75) is 20.8 Å². The predicted octanol–water partition coefficient (Wildman–Crippen LogP) is 5.36. The third-order valence-corrected chi connectivity index (χ3v) is 1.68. The summed E-state index contributed by atoms with van der Waals surface area (Å²) in [5, 5.41) is 0. The molecule has 0 aliphatic carbocycles. The zero-order valence-corrected chi connectivity index (χ0v) is 12.1. The zero-order chi connectivity index (χ0) is 11.3. The first-order valence-electron chi connectivity index (χ1n) is 3.97. The van der Waals surface area contributed by atoms with Crippen molar-refractivity contribution in [3.8, 4) is 0 Å². The summed E-state index contributed by atoms with van der Waals surface area (Å²) < 4.78 is 0. The molecule has 0 fully saturated rings. The number of rotatable bonds is 0. The van der Waals surface area contributed by atoms with E-state index < -0.39 is 14.7 Å². The molecule has 0 aliphatic heterocycles. The van der Waals surface area contributed by atoms with Crippen LogP contribution in [0.3, 0.4) is 0 Å². The molecule has 1 nitrogen and oxygen atoms in total. The van der Waals surface area contributed by atoms with E-state index in [-0.39, 0.29) is 0 Å². The average molecular weight is 288 g/mol. The molecule has 78 valence electrons. The summed E-state index contributed by atoms with van der Waals surface area (Å²) in [5.74, 6) is 0. The second-order valence-electron chi connectivity index (χ2n) is 2.99. The van der Waals surface area contributed by atoms with Crippen molar-refractivity contribution in [1.29, 1.82) is 0 Å². The summed E-state index contributed by atoms with van der Waals surface area (Å²) >= 11 is -1.92. The molecule has 5 heteroatoms. The van der Waals surface area contributed by atoms with Crippen molar-refractivity contribution in [2.24, 2.45) is 0 Å². The maximum atomic E-state index is 7.54. The molecule has 0 bridgehead atoms. The first-order valence-corrected chi connectivity index (χ1v) is 10.4. The second kappa shape index (κ2) is 6.97. The molecule has 0 amide bonds. The van der Waals surface area contributed by atoms with Crippen LogP contribution in [0, 0.1) is 20.8 Å². The van der Waals surface area contributed by atoms with Gasteiger partial charge >= 0.3 is 42.6 Å². The van der Waals surface area contributed by atoms with Crippen LogP contribution in [0.1, 0.15) is 16.7 Å². The molecular weight excluding hydrogens is 276 g/mol. The van der Waals surface area contributed by atoms with Gasteiger partial charge in [-0.15, -0.1) is 5.69 Å². The summed E-state index contributed by atoms with van der Waals surface area (Å²) in [6.45, 7) is 6.00. The monoisotopic (exact) mass is 287 g/mol. The molecule has 0 saturated carbocycles. The molecule has 1 rings (SSSR count).